The average Bonchev–Trinajstić information content (AvgIpc) is 2.59. The highest BCUT2D eigenvalue weighted by Gasteiger charge is 2.27. The van der Waals surface area contributed by atoms with Crippen LogP contribution in [0.5, 0.6) is 0 Å². The highest BCUT2D eigenvalue weighted by Crippen LogP contribution is 2.23. The molecule has 1 rings (SSSR count). The molecule has 0 bridgehead atoms. The van der Waals surface area contributed by atoms with Crippen molar-refractivity contribution in [3.8, 4) is 0 Å². The largest absolute Gasteiger partial charge is 0.476 e. The number of hydrogen-bond donors (Lipinski definition) is 1. The molecule has 1 heterocycles. The molecule has 5 nitrogen and oxygen atoms in total. The summed E-state index contributed by atoms with van der Waals surface area (Å²) in [6.07, 6.45) is -5.29. The molecule has 0 saturated carbocycles. The SMILES string of the molecule is CC(C)c1c(C(=O)O)nnn1CCCC(F)(F)F. The summed E-state index contributed by atoms with van der Waals surface area (Å²) in [5.41, 5.74) is 0.154. The topological polar surface area (TPSA) is 68.0 Å². The third kappa shape index (κ3) is 3.71. The van der Waals surface area contributed by atoms with E-state index in [0.717, 1.165) is 0 Å². The van der Waals surface area contributed by atoms with Crippen molar-refractivity contribution in [1.29, 1.82) is 0 Å². The molecule has 102 valence electrons. The number of aromatic nitrogens is 3. The van der Waals surface area contributed by atoms with Crippen molar-refractivity contribution in [2.24, 2.45) is 0 Å². The zero-order valence-electron chi connectivity index (χ0n) is 10.0. The molecular weight excluding hydrogens is 251 g/mol. The molecule has 0 radical (unpaired) electrons. The minimum Gasteiger partial charge on any atom is -0.476 e. The molecule has 0 amide bonds. The zero-order valence-corrected chi connectivity index (χ0v) is 10.0. The maximum atomic E-state index is 12.0. The lowest BCUT2D eigenvalue weighted by Gasteiger charge is -2.10. The van der Waals surface area contributed by atoms with Gasteiger partial charge in [-0.1, -0.05) is 19.1 Å². The van der Waals surface area contributed by atoms with Crippen molar-refractivity contribution in [2.75, 3.05) is 0 Å². The van der Waals surface area contributed by atoms with Crippen LogP contribution in [0.2, 0.25) is 0 Å². The van der Waals surface area contributed by atoms with Gasteiger partial charge in [-0.2, -0.15) is 13.2 Å². The predicted molar refractivity (Wildman–Crippen MR) is 56.4 cm³/mol. The summed E-state index contributed by atoms with van der Waals surface area (Å²) in [6, 6.07) is 0. The van der Waals surface area contributed by atoms with Crippen LogP contribution in [0, 0.1) is 0 Å². The van der Waals surface area contributed by atoms with E-state index >= 15 is 0 Å². The maximum absolute atomic E-state index is 12.0. The number of rotatable bonds is 5. The van der Waals surface area contributed by atoms with E-state index in [1.807, 2.05) is 0 Å². The summed E-state index contributed by atoms with van der Waals surface area (Å²) >= 11 is 0. The fourth-order valence-corrected chi connectivity index (χ4v) is 1.64. The maximum Gasteiger partial charge on any atom is 0.389 e. The summed E-state index contributed by atoms with van der Waals surface area (Å²) < 4.78 is 37.3. The number of hydrogen-bond acceptors (Lipinski definition) is 3. The molecule has 1 aromatic heterocycles. The Morgan fingerprint density at radius 2 is 2.06 bits per heavy atom. The van der Waals surface area contributed by atoms with Gasteiger partial charge in [0.15, 0.2) is 5.69 Å². The monoisotopic (exact) mass is 265 g/mol. The van der Waals surface area contributed by atoms with Gasteiger partial charge in [0, 0.05) is 13.0 Å². The van der Waals surface area contributed by atoms with Gasteiger partial charge in [-0.25, -0.2) is 9.48 Å². The standard InChI is InChI=1S/C10H14F3N3O2/c1-6(2)8-7(9(17)18)14-15-16(8)5-3-4-10(11,12)13/h6H,3-5H2,1-2H3,(H,17,18). The van der Waals surface area contributed by atoms with Gasteiger partial charge in [-0.15, -0.1) is 5.10 Å². The van der Waals surface area contributed by atoms with Gasteiger partial charge in [0.1, 0.15) is 0 Å². The smallest absolute Gasteiger partial charge is 0.389 e. The predicted octanol–water partition coefficient (Wildman–Crippen LogP) is 2.44. The molecule has 1 N–H and O–H groups in total. The van der Waals surface area contributed by atoms with E-state index in [9.17, 15) is 18.0 Å². The highest BCUT2D eigenvalue weighted by atomic mass is 19.4. The number of aryl methyl sites for hydroxylation is 1. The van der Waals surface area contributed by atoms with Gasteiger partial charge in [0.2, 0.25) is 0 Å². The van der Waals surface area contributed by atoms with E-state index in [1.165, 1.54) is 4.68 Å². The first-order chi connectivity index (χ1) is 8.22. The van der Waals surface area contributed by atoms with Crippen LogP contribution >= 0.6 is 0 Å². The van der Waals surface area contributed by atoms with Crippen molar-refractivity contribution in [3.63, 3.8) is 0 Å². The number of aromatic carboxylic acids is 1. The quantitative estimate of drug-likeness (QED) is 0.887. The Kier molecular flexibility index (Phi) is 4.31. The fraction of sp³-hybridized carbons (Fsp3) is 0.700. The third-order valence-corrected chi connectivity index (χ3v) is 2.35. The number of alkyl halides is 3. The molecule has 0 unspecified atom stereocenters. The number of carboxylic acids is 1. The first kappa shape index (κ1) is 14.5. The summed E-state index contributed by atoms with van der Waals surface area (Å²) in [6.45, 7) is 3.49. The minimum atomic E-state index is -4.21. The van der Waals surface area contributed by atoms with Crippen molar-refractivity contribution >= 4 is 5.97 Å². The van der Waals surface area contributed by atoms with Gasteiger partial charge >= 0.3 is 12.1 Å². The Labute approximate surface area is 102 Å². The molecule has 0 atom stereocenters. The molecule has 0 aromatic carbocycles. The normalized spacial score (nSPS) is 12.1. The molecule has 1 aromatic rings. The Hall–Kier alpha value is -1.60. The van der Waals surface area contributed by atoms with Gasteiger partial charge in [0.25, 0.3) is 0 Å². The Morgan fingerprint density at radius 3 is 2.50 bits per heavy atom. The summed E-state index contributed by atoms with van der Waals surface area (Å²) in [4.78, 5) is 10.9. The summed E-state index contributed by atoms with van der Waals surface area (Å²) in [5, 5.41) is 16.0. The second kappa shape index (κ2) is 5.36. The molecule has 18 heavy (non-hydrogen) atoms. The second-order valence-corrected chi connectivity index (χ2v) is 4.23. The van der Waals surface area contributed by atoms with Crippen LogP contribution in [0.4, 0.5) is 13.2 Å². The Bertz CT molecular complexity index is 426. The lowest BCUT2D eigenvalue weighted by Crippen LogP contribution is -2.13. The number of carbonyl (C=O) groups is 1. The van der Waals surface area contributed by atoms with Gasteiger partial charge in [-0.3, -0.25) is 0 Å². The molecule has 0 aliphatic rings. The van der Waals surface area contributed by atoms with E-state index in [0.29, 0.717) is 5.69 Å². The minimum absolute atomic E-state index is 0.00725. The van der Waals surface area contributed by atoms with E-state index in [1.54, 1.807) is 13.8 Å². The second-order valence-electron chi connectivity index (χ2n) is 4.23. The van der Waals surface area contributed by atoms with Gasteiger partial charge in [-0.05, 0) is 12.3 Å². The lowest BCUT2D eigenvalue weighted by atomic mass is 10.1. The van der Waals surface area contributed by atoms with Gasteiger partial charge in [0.05, 0.1) is 5.69 Å². The van der Waals surface area contributed by atoms with Crippen LogP contribution < -0.4 is 0 Å². The van der Waals surface area contributed by atoms with Crippen molar-refractivity contribution in [2.45, 2.75) is 45.3 Å². The molecule has 0 aliphatic carbocycles. The summed E-state index contributed by atoms with van der Waals surface area (Å²) in [5.74, 6) is -1.39. The molecular formula is C10H14F3N3O2. The van der Waals surface area contributed by atoms with Crippen LogP contribution in [-0.4, -0.2) is 32.2 Å². The summed E-state index contributed by atoms with van der Waals surface area (Å²) in [7, 11) is 0. The van der Waals surface area contributed by atoms with E-state index in [-0.39, 0.29) is 24.6 Å². The third-order valence-electron chi connectivity index (χ3n) is 2.35. The van der Waals surface area contributed by atoms with Crippen LogP contribution in [0.15, 0.2) is 0 Å². The average molecular weight is 265 g/mol. The number of nitrogens with zero attached hydrogens (tertiary/aromatic N) is 3. The molecule has 8 heteroatoms. The number of carboxylic acid groups (broad SMARTS) is 1. The van der Waals surface area contributed by atoms with Crippen molar-refractivity contribution in [3.05, 3.63) is 11.4 Å². The van der Waals surface area contributed by atoms with Gasteiger partial charge < -0.3 is 5.11 Å². The number of halogens is 3. The molecule has 0 spiro atoms. The Morgan fingerprint density at radius 1 is 1.44 bits per heavy atom. The van der Waals surface area contributed by atoms with Crippen molar-refractivity contribution < 1.29 is 23.1 Å². The fourth-order valence-electron chi connectivity index (χ4n) is 1.64. The van der Waals surface area contributed by atoms with Crippen molar-refractivity contribution in [1.82, 2.24) is 15.0 Å². The van der Waals surface area contributed by atoms with Crippen LogP contribution in [0.1, 0.15) is 48.8 Å². The van der Waals surface area contributed by atoms with Crippen LogP contribution in [-0.2, 0) is 6.54 Å². The lowest BCUT2D eigenvalue weighted by molar-refractivity contribution is -0.136. The Balaban J connectivity index is 2.80. The first-order valence-corrected chi connectivity index (χ1v) is 5.46. The van der Waals surface area contributed by atoms with E-state index in [2.05, 4.69) is 10.3 Å². The molecule has 0 fully saturated rings. The molecule has 0 saturated heterocycles. The van der Waals surface area contributed by atoms with E-state index in [4.69, 9.17) is 5.11 Å². The van der Waals surface area contributed by atoms with Crippen LogP contribution in [0.25, 0.3) is 0 Å². The molecule has 0 aliphatic heterocycles. The van der Waals surface area contributed by atoms with Crippen LogP contribution in [0.3, 0.4) is 0 Å². The zero-order chi connectivity index (χ0) is 13.9. The van der Waals surface area contributed by atoms with E-state index < -0.39 is 18.6 Å². The highest BCUT2D eigenvalue weighted by molar-refractivity contribution is 5.86. The first-order valence-electron chi connectivity index (χ1n) is 5.46.